The van der Waals surface area contributed by atoms with Crippen LogP contribution in [0.5, 0.6) is 0 Å². The summed E-state index contributed by atoms with van der Waals surface area (Å²) < 4.78 is 7.20. The second-order valence-electron chi connectivity index (χ2n) is 3.49. The molecule has 5 heteroatoms. The van der Waals surface area contributed by atoms with E-state index < -0.39 is 0 Å². The van der Waals surface area contributed by atoms with Crippen molar-refractivity contribution >= 4 is 5.95 Å². The highest BCUT2D eigenvalue weighted by Crippen LogP contribution is 2.25. The third kappa shape index (κ3) is 1.65. The van der Waals surface area contributed by atoms with Gasteiger partial charge in [0.05, 0.1) is 12.6 Å². The van der Waals surface area contributed by atoms with Crippen molar-refractivity contribution < 1.29 is 4.74 Å². The third-order valence-corrected chi connectivity index (χ3v) is 2.46. The Morgan fingerprint density at radius 3 is 3.15 bits per heavy atom. The van der Waals surface area contributed by atoms with E-state index in [0.717, 1.165) is 19.6 Å². The molecule has 1 fully saturated rings. The van der Waals surface area contributed by atoms with Crippen molar-refractivity contribution in [2.45, 2.75) is 19.4 Å². The lowest BCUT2D eigenvalue weighted by Crippen LogP contribution is -2.28. The summed E-state index contributed by atoms with van der Waals surface area (Å²) in [5, 5.41) is 4.11. The van der Waals surface area contributed by atoms with Crippen LogP contribution in [0.2, 0.25) is 0 Å². The van der Waals surface area contributed by atoms with Gasteiger partial charge in [0.2, 0.25) is 5.95 Å². The molecule has 2 rings (SSSR count). The Balaban J connectivity index is 2.14. The second-order valence-corrected chi connectivity index (χ2v) is 3.49. The highest BCUT2D eigenvalue weighted by molar-refractivity contribution is 5.09. The molecule has 72 valence electrons. The maximum Gasteiger partial charge on any atom is 0.239 e. The first-order valence-electron chi connectivity index (χ1n) is 4.52. The number of nitrogens with two attached hydrogens (primary N) is 1. The van der Waals surface area contributed by atoms with Crippen LogP contribution in [0, 0.1) is 5.92 Å². The lowest BCUT2D eigenvalue weighted by Gasteiger charge is -2.28. The van der Waals surface area contributed by atoms with E-state index in [1.807, 2.05) is 4.68 Å². The molecule has 2 unspecified atom stereocenters. The largest absolute Gasteiger partial charge is 0.381 e. The minimum absolute atomic E-state index is 0.346. The summed E-state index contributed by atoms with van der Waals surface area (Å²) in [4.78, 5) is 3.92. The first kappa shape index (κ1) is 8.50. The number of rotatable bonds is 1. The zero-order chi connectivity index (χ0) is 9.26. The fourth-order valence-electron chi connectivity index (χ4n) is 1.71. The number of aromatic nitrogens is 3. The van der Waals surface area contributed by atoms with Gasteiger partial charge in [0.1, 0.15) is 6.33 Å². The third-order valence-electron chi connectivity index (χ3n) is 2.46. The zero-order valence-corrected chi connectivity index (χ0v) is 7.68. The van der Waals surface area contributed by atoms with E-state index in [4.69, 9.17) is 10.5 Å². The summed E-state index contributed by atoms with van der Waals surface area (Å²) in [5.41, 5.74) is 5.46. The van der Waals surface area contributed by atoms with Gasteiger partial charge in [-0.2, -0.15) is 0 Å². The molecule has 0 aliphatic carbocycles. The number of hydrogen-bond acceptors (Lipinski definition) is 4. The molecule has 0 saturated carbocycles. The van der Waals surface area contributed by atoms with E-state index in [1.165, 1.54) is 0 Å². The van der Waals surface area contributed by atoms with E-state index in [0.29, 0.717) is 17.9 Å². The molecule has 2 N–H and O–H groups in total. The Morgan fingerprint density at radius 2 is 2.54 bits per heavy atom. The van der Waals surface area contributed by atoms with E-state index in [2.05, 4.69) is 17.0 Å². The van der Waals surface area contributed by atoms with Crippen LogP contribution in [-0.4, -0.2) is 28.0 Å². The standard InChI is InChI=1S/C8H14N4O/c1-6-4-13-3-2-7(6)12-5-10-8(9)11-12/h5-7H,2-4H2,1H3,(H2,9,11). The van der Waals surface area contributed by atoms with Gasteiger partial charge in [-0.05, 0) is 6.42 Å². The van der Waals surface area contributed by atoms with Crippen LogP contribution < -0.4 is 5.73 Å². The highest BCUT2D eigenvalue weighted by Gasteiger charge is 2.24. The fraction of sp³-hybridized carbons (Fsp3) is 0.750. The summed E-state index contributed by atoms with van der Waals surface area (Å²) in [6.45, 7) is 3.75. The van der Waals surface area contributed by atoms with Crippen molar-refractivity contribution in [2.75, 3.05) is 18.9 Å². The molecule has 0 aromatic carbocycles. The van der Waals surface area contributed by atoms with E-state index >= 15 is 0 Å². The summed E-state index contributed by atoms with van der Waals surface area (Å²) in [6, 6.07) is 0.388. The molecule has 13 heavy (non-hydrogen) atoms. The van der Waals surface area contributed by atoms with Crippen LogP contribution in [0.25, 0.3) is 0 Å². The van der Waals surface area contributed by atoms with Gasteiger partial charge in [0.25, 0.3) is 0 Å². The summed E-state index contributed by atoms with van der Waals surface area (Å²) in [7, 11) is 0. The lowest BCUT2D eigenvalue weighted by molar-refractivity contribution is 0.0250. The van der Waals surface area contributed by atoms with Crippen LogP contribution in [0.4, 0.5) is 5.95 Å². The zero-order valence-electron chi connectivity index (χ0n) is 7.68. The predicted molar refractivity (Wildman–Crippen MR) is 48.1 cm³/mol. The van der Waals surface area contributed by atoms with Crippen LogP contribution in [-0.2, 0) is 4.74 Å². The maximum absolute atomic E-state index is 5.46. The van der Waals surface area contributed by atoms with Gasteiger partial charge in [0, 0.05) is 12.5 Å². The molecule has 2 heterocycles. The van der Waals surface area contributed by atoms with Crippen LogP contribution in [0.3, 0.4) is 0 Å². The Labute approximate surface area is 76.9 Å². The van der Waals surface area contributed by atoms with Gasteiger partial charge in [-0.25, -0.2) is 9.67 Å². The average molecular weight is 182 g/mol. The van der Waals surface area contributed by atoms with E-state index in [1.54, 1.807) is 6.33 Å². The minimum atomic E-state index is 0.346. The van der Waals surface area contributed by atoms with Crippen molar-refractivity contribution in [1.29, 1.82) is 0 Å². The first-order chi connectivity index (χ1) is 6.27. The molecule has 1 aliphatic rings. The molecule has 0 bridgehead atoms. The second kappa shape index (κ2) is 3.33. The van der Waals surface area contributed by atoms with E-state index in [-0.39, 0.29) is 0 Å². The number of ether oxygens (including phenoxy) is 1. The molecule has 0 spiro atoms. The van der Waals surface area contributed by atoms with Gasteiger partial charge in [-0.1, -0.05) is 6.92 Å². The average Bonchev–Trinajstić information content (AvgIpc) is 2.53. The highest BCUT2D eigenvalue weighted by atomic mass is 16.5. The fourth-order valence-corrected chi connectivity index (χ4v) is 1.71. The normalized spacial score (nSPS) is 29.0. The van der Waals surface area contributed by atoms with Crippen LogP contribution in [0.1, 0.15) is 19.4 Å². The number of hydrogen-bond donors (Lipinski definition) is 1. The Morgan fingerprint density at radius 1 is 1.69 bits per heavy atom. The van der Waals surface area contributed by atoms with Gasteiger partial charge in [0.15, 0.2) is 0 Å². The molecular weight excluding hydrogens is 168 g/mol. The quantitative estimate of drug-likeness (QED) is 0.685. The van der Waals surface area contributed by atoms with Crippen molar-refractivity contribution in [3.05, 3.63) is 6.33 Å². The molecule has 0 radical (unpaired) electrons. The van der Waals surface area contributed by atoms with Crippen molar-refractivity contribution in [1.82, 2.24) is 14.8 Å². The topological polar surface area (TPSA) is 66.0 Å². The molecular formula is C8H14N4O. The SMILES string of the molecule is CC1COCCC1n1cnc(N)n1. The molecule has 1 saturated heterocycles. The molecule has 5 nitrogen and oxygen atoms in total. The van der Waals surface area contributed by atoms with Crippen molar-refractivity contribution in [3.63, 3.8) is 0 Å². The number of anilines is 1. The first-order valence-corrected chi connectivity index (χ1v) is 4.52. The molecule has 1 aromatic heterocycles. The molecule has 0 amide bonds. The smallest absolute Gasteiger partial charge is 0.239 e. The maximum atomic E-state index is 5.46. The summed E-state index contributed by atoms with van der Waals surface area (Å²) in [6.07, 6.45) is 2.69. The van der Waals surface area contributed by atoms with Crippen LogP contribution >= 0.6 is 0 Å². The van der Waals surface area contributed by atoms with Gasteiger partial charge >= 0.3 is 0 Å². The monoisotopic (exact) mass is 182 g/mol. The van der Waals surface area contributed by atoms with Gasteiger partial charge in [-0.15, -0.1) is 5.10 Å². The number of nitrogen functional groups attached to an aromatic ring is 1. The summed E-state index contributed by atoms with van der Waals surface area (Å²) >= 11 is 0. The molecule has 1 aliphatic heterocycles. The number of nitrogens with zero attached hydrogens (tertiary/aromatic N) is 3. The molecule has 2 atom stereocenters. The predicted octanol–water partition coefficient (Wildman–Crippen LogP) is 0.458. The van der Waals surface area contributed by atoms with E-state index in [9.17, 15) is 0 Å². The minimum Gasteiger partial charge on any atom is -0.381 e. The lowest BCUT2D eigenvalue weighted by atomic mass is 9.98. The summed E-state index contributed by atoms with van der Waals surface area (Å²) in [5.74, 6) is 0.827. The Bertz CT molecular complexity index is 285. The van der Waals surface area contributed by atoms with Gasteiger partial charge < -0.3 is 10.5 Å². The van der Waals surface area contributed by atoms with Crippen molar-refractivity contribution in [3.8, 4) is 0 Å². The Kier molecular flexibility index (Phi) is 2.18. The van der Waals surface area contributed by atoms with Crippen LogP contribution in [0.15, 0.2) is 6.33 Å². The molecule has 1 aromatic rings. The Hall–Kier alpha value is -1.10. The van der Waals surface area contributed by atoms with Crippen molar-refractivity contribution in [2.24, 2.45) is 5.92 Å². The van der Waals surface area contributed by atoms with Gasteiger partial charge in [-0.3, -0.25) is 0 Å².